The van der Waals surface area contributed by atoms with Crippen LogP contribution in [0.3, 0.4) is 0 Å². The second kappa shape index (κ2) is 6.44. The number of methoxy groups -OCH3 is 1. The fraction of sp³-hybridized carbons (Fsp3) is 0.500. The SMILES string of the molecule is COc1ccc(C(=O)O)cc1S(=O)(=O)N(C)C(C)C(C)C. The number of benzene rings is 1. The average molecular weight is 315 g/mol. The van der Waals surface area contributed by atoms with Crippen molar-refractivity contribution in [1.29, 1.82) is 0 Å². The van der Waals surface area contributed by atoms with Gasteiger partial charge in [-0.05, 0) is 31.0 Å². The first-order chi connectivity index (χ1) is 9.62. The summed E-state index contributed by atoms with van der Waals surface area (Å²) >= 11 is 0. The molecule has 0 saturated heterocycles. The minimum Gasteiger partial charge on any atom is -0.495 e. The van der Waals surface area contributed by atoms with E-state index < -0.39 is 16.0 Å². The molecule has 1 rings (SSSR count). The molecule has 0 spiro atoms. The fourth-order valence-electron chi connectivity index (χ4n) is 1.81. The molecular formula is C14H21NO5S. The van der Waals surface area contributed by atoms with Crippen molar-refractivity contribution in [2.75, 3.05) is 14.2 Å². The molecule has 1 aromatic rings. The van der Waals surface area contributed by atoms with Crippen molar-refractivity contribution < 1.29 is 23.1 Å². The number of hydrogen-bond acceptors (Lipinski definition) is 4. The Balaban J connectivity index is 3.42. The highest BCUT2D eigenvalue weighted by Gasteiger charge is 2.30. The second-order valence-electron chi connectivity index (χ2n) is 5.18. The molecule has 0 aliphatic rings. The van der Waals surface area contributed by atoms with Crippen molar-refractivity contribution in [1.82, 2.24) is 4.31 Å². The van der Waals surface area contributed by atoms with Crippen LogP contribution in [0.25, 0.3) is 0 Å². The topological polar surface area (TPSA) is 83.9 Å². The number of nitrogens with zero attached hydrogens (tertiary/aromatic N) is 1. The van der Waals surface area contributed by atoms with E-state index in [9.17, 15) is 13.2 Å². The van der Waals surface area contributed by atoms with Gasteiger partial charge < -0.3 is 9.84 Å². The highest BCUT2D eigenvalue weighted by molar-refractivity contribution is 7.89. The number of aromatic carboxylic acids is 1. The molecule has 0 fully saturated rings. The number of hydrogen-bond donors (Lipinski definition) is 1. The first-order valence-corrected chi connectivity index (χ1v) is 7.96. The van der Waals surface area contributed by atoms with Crippen LogP contribution in [0, 0.1) is 5.92 Å². The standard InChI is InChI=1S/C14H21NO5S/c1-9(2)10(3)15(4)21(18,19)13-8-11(14(16)17)6-7-12(13)20-5/h6-10H,1-5H3,(H,16,17). The van der Waals surface area contributed by atoms with Gasteiger partial charge in [0.2, 0.25) is 10.0 Å². The van der Waals surface area contributed by atoms with Gasteiger partial charge in [0.25, 0.3) is 0 Å². The maximum absolute atomic E-state index is 12.7. The molecule has 0 aromatic heterocycles. The molecule has 0 bridgehead atoms. The van der Waals surface area contributed by atoms with Crippen LogP contribution in [-0.4, -0.2) is 44.0 Å². The summed E-state index contributed by atoms with van der Waals surface area (Å²) in [6.07, 6.45) is 0. The van der Waals surface area contributed by atoms with E-state index in [2.05, 4.69) is 0 Å². The predicted octanol–water partition coefficient (Wildman–Crippen LogP) is 2.06. The van der Waals surface area contributed by atoms with Gasteiger partial charge in [-0.1, -0.05) is 13.8 Å². The predicted molar refractivity (Wildman–Crippen MR) is 79.2 cm³/mol. The van der Waals surface area contributed by atoms with E-state index in [-0.39, 0.29) is 28.2 Å². The van der Waals surface area contributed by atoms with Crippen molar-refractivity contribution in [3.8, 4) is 5.75 Å². The maximum atomic E-state index is 12.7. The summed E-state index contributed by atoms with van der Waals surface area (Å²) in [5.41, 5.74) is -0.0972. The Labute approximate surface area is 125 Å². The highest BCUT2D eigenvalue weighted by Crippen LogP contribution is 2.29. The van der Waals surface area contributed by atoms with Gasteiger partial charge in [0, 0.05) is 13.1 Å². The van der Waals surface area contributed by atoms with Crippen molar-refractivity contribution in [2.24, 2.45) is 5.92 Å². The zero-order valence-electron chi connectivity index (χ0n) is 12.8. The molecule has 0 saturated carbocycles. The number of rotatable bonds is 6. The van der Waals surface area contributed by atoms with Crippen LogP contribution in [0.4, 0.5) is 0 Å². The Kier molecular flexibility index (Phi) is 5.36. The summed E-state index contributed by atoms with van der Waals surface area (Å²) in [7, 11) is -1.01. The Morgan fingerprint density at radius 3 is 2.29 bits per heavy atom. The summed E-state index contributed by atoms with van der Waals surface area (Å²) in [6, 6.07) is 3.56. The first-order valence-electron chi connectivity index (χ1n) is 6.52. The lowest BCUT2D eigenvalue weighted by atomic mass is 10.1. The van der Waals surface area contributed by atoms with Crippen LogP contribution < -0.4 is 4.74 Å². The fourth-order valence-corrected chi connectivity index (χ4v) is 3.48. The van der Waals surface area contributed by atoms with Gasteiger partial charge in [0.15, 0.2) is 0 Å². The van der Waals surface area contributed by atoms with Crippen LogP contribution in [0.15, 0.2) is 23.1 Å². The molecule has 21 heavy (non-hydrogen) atoms. The quantitative estimate of drug-likeness (QED) is 0.868. The van der Waals surface area contributed by atoms with Gasteiger partial charge in [-0.2, -0.15) is 4.31 Å². The van der Waals surface area contributed by atoms with E-state index in [4.69, 9.17) is 9.84 Å². The molecule has 0 amide bonds. The zero-order chi connectivity index (χ0) is 16.4. The van der Waals surface area contributed by atoms with E-state index in [0.717, 1.165) is 6.07 Å². The summed E-state index contributed by atoms with van der Waals surface area (Å²) in [5.74, 6) is -0.935. The first kappa shape index (κ1) is 17.5. The molecule has 0 radical (unpaired) electrons. The summed E-state index contributed by atoms with van der Waals surface area (Å²) in [4.78, 5) is 10.9. The number of carboxylic acid groups (broad SMARTS) is 1. The molecule has 1 unspecified atom stereocenters. The number of carbonyl (C=O) groups is 1. The molecule has 1 N–H and O–H groups in total. The third-order valence-electron chi connectivity index (χ3n) is 3.61. The number of ether oxygens (including phenoxy) is 1. The van der Waals surface area contributed by atoms with Crippen LogP contribution in [0.5, 0.6) is 5.75 Å². The summed E-state index contributed by atoms with van der Waals surface area (Å²) in [5, 5.41) is 9.03. The van der Waals surface area contributed by atoms with Gasteiger partial charge in [0.05, 0.1) is 12.7 Å². The Bertz CT molecular complexity index is 624. The molecule has 0 heterocycles. The molecule has 7 heteroatoms. The van der Waals surface area contributed by atoms with E-state index in [1.165, 1.54) is 30.6 Å². The number of sulfonamides is 1. The van der Waals surface area contributed by atoms with Crippen LogP contribution in [0.1, 0.15) is 31.1 Å². The maximum Gasteiger partial charge on any atom is 0.335 e. The van der Waals surface area contributed by atoms with Gasteiger partial charge in [-0.3, -0.25) is 0 Å². The van der Waals surface area contributed by atoms with E-state index >= 15 is 0 Å². The largest absolute Gasteiger partial charge is 0.495 e. The normalized spacial score (nSPS) is 13.5. The molecule has 6 nitrogen and oxygen atoms in total. The molecule has 0 aliphatic heterocycles. The second-order valence-corrected chi connectivity index (χ2v) is 7.14. The van der Waals surface area contributed by atoms with Gasteiger partial charge in [-0.25, -0.2) is 13.2 Å². The molecule has 118 valence electrons. The lowest BCUT2D eigenvalue weighted by molar-refractivity contribution is 0.0696. The Morgan fingerprint density at radius 1 is 1.29 bits per heavy atom. The van der Waals surface area contributed by atoms with Crippen molar-refractivity contribution in [3.05, 3.63) is 23.8 Å². The van der Waals surface area contributed by atoms with E-state index in [0.29, 0.717) is 0 Å². The van der Waals surface area contributed by atoms with Crippen molar-refractivity contribution in [2.45, 2.75) is 31.7 Å². The highest BCUT2D eigenvalue weighted by atomic mass is 32.2. The minimum absolute atomic E-state index is 0.0972. The summed E-state index contributed by atoms with van der Waals surface area (Å²) in [6.45, 7) is 5.64. The third-order valence-corrected chi connectivity index (χ3v) is 5.57. The minimum atomic E-state index is -3.84. The Hall–Kier alpha value is -1.60. The van der Waals surface area contributed by atoms with Crippen LogP contribution in [0.2, 0.25) is 0 Å². The number of carboxylic acids is 1. The Morgan fingerprint density at radius 2 is 1.86 bits per heavy atom. The van der Waals surface area contributed by atoms with Gasteiger partial charge in [-0.15, -0.1) is 0 Å². The molecule has 1 atom stereocenters. The van der Waals surface area contributed by atoms with E-state index in [1.54, 1.807) is 6.92 Å². The lowest BCUT2D eigenvalue weighted by Crippen LogP contribution is -2.38. The monoisotopic (exact) mass is 315 g/mol. The molecular weight excluding hydrogens is 294 g/mol. The van der Waals surface area contributed by atoms with Crippen LogP contribution >= 0.6 is 0 Å². The third kappa shape index (κ3) is 3.54. The summed E-state index contributed by atoms with van der Waals surface area (Å²) < 4.78 is 31.7. The zero-order valence-corrected chi connectivity index (χ0v) is 13.6. The van der Waals surface area contributed by atoms with Gasteiger partial charge >= 0.3 is 5.97 Å². The smallest absolute Gasteiger partial charge is 0.335 e. The van der Waals surface area contributed by atoms with Crippen LogP contribution in [-0.2, 0) is 10.0 Å². The van der Waals surface area contributed by atoms with Gasteiger partial charge in [0.1, 0.15) is 10.6 Å². The lowest BCUT2D eigenvalue weighted by Gasteiger charge is -2.27. The molecule has 1 aromatic carbocycles. The average Bonchev–Trinajstić information content (AvgIpc) is 2.44. The van der Waals surface area contributed by atoms with E-state index in [1.807, 2.05) is 13.8 Å². The van der Waals surface area contributed by atoms with Crippen molar-refractivity contribution in [3.63, 3.8) is 0 Å². The molecule has 0 aliphatic carbocycles. The van der Waals surface area contributed by atoms with Crippen molar-refractivity contribution >= 4 is 16.0 Å².